The first-order chi connectivity index (χ1) is 7.96. The third kappa shape index (κ3) is 1.81. The normalized spacial score (nSPS) is 18.4. The van der Waals surface area contributed by atoms with E-state index in [1.807, 2.05) is 0 Å². The minimum atomic E-state index is 0.403. The zero-order valence-electron chi connectivity index (χ0n) is 10.5. The molecule has 0 saturated heterocycles. The number of fused-ring (bicyclic) bond motifs is 3. The summed E-state index contributed by atoms with van der Waals surface area (Å²) in [7, 11) is 0. The third-order valence-corrected chi connectivity index (χ3v) is 4.60. The molecule has 1 aliphatic carbocycles. The Morgan fingerprint density at radius 2 is 2.18 bits per heavy atom. The number of halogens is 1. The van der Waals surface area contributed by atoms with E-state index in [9.17, 15) is 0 Å². The second-order valence-electron chi connectivity index (χ2n) is 5.88. The Morgan fingerprint density at radius 3 is 2.94 bits per heavy atom. The van der Waals surface area contributed by atoms with Crippen LogP contribution in [-0.4, -0.2) is 9.38 Å². The fourth-order valence-corrected chi connectivity index (χ4v) is 2.96. The Kier molecular flexibility index (Phi) is 2.37. The molecule has 17 heavy (non-hydrogen) atoms. The first-order valence-corrected chi connectivity index (χ1v) is 6.91. The van der Waals surface area contributed by atoms with E-state index >= 15 is 0 Å². The fraction of sp³-hybridized carbons (Fsp3) is 0.500. The summed E-state index contributed by atoms with van der Waals surface area (Å²) in [6.07, 6.45) is 5.64. The summed E-state index contributed by atoms with van der Waals surface area (Å²) in [6.45, 7) is 6.80. The van der Waals surface area contributed by atoms with Crippen molar-refractivity contribution in [1.82, 2.24) is 9.38 Å². The van der Waals surface area contributed by atoms with Crippen molar-refractivity contribution in [3.8, 4) is 0 Å². The molecule has 3 heteroatoms. The lowest BCUT2D eigenvalue weighted by molar-refractivity contribution is 0.309. The van der Waals surface area contributed by atoms with E-state index in [0.29, 0.717) is 5.41 Å². The molecule has 0 saturated carbocycles. The van der Waals surface area contributed by atoms with Crippen LogP contribution in [-0.2, 0) is 12.8 Å². The first-order valence-electron chi connectivity index (χ1n) is 6.12. The summed E-state index contributed by atoms with van der Waals surface area (Å²) in [5.74, 6) is 0. The molecule has 0 radical (unpaired) electrons. The number of nitrogens with zero attached hydrogens (tertiary/aromatic N) is 2. The van der Waals surface area contributed by atoms with Gasteiger partial charge in [-0.3, -0.25) is 0 Å². The maximum absolute atomic E-state index is 4.76. The molecule has 0 fully saturated rings. The molecule has 0 aliphatic heterocycles. The number of imidazole rings is 1. The van der Waals surface area contributed by atoms with Crippen LogP contribution < -0.4 is 0 Å². The molecule has 2 heterocycles. The molecule has 0 aromatic carbocycles. The maximum atomic E-state index is 4.76. The van der Waals surface area contributed by atoms with Crippen molar-refractivity contribution < 1.29 is 0 Å². The molecule has 0 spiro atoms. The van der Waals surface area contributed by atoms with Crippen molar-refractivity contribution in [2.45, 2.75) is 40.0 Å². The Labute approximate surface area is 110 Å². The van der Waals surface area contributed by atoms with Gasteiger partial charge in [0.1, 0.15) is 5.65 Å². The van der Waals surface area contributed by atoms with Gasteiger partial charge in [-0.1, -0.05) is 13.8 Å². The fourth-order valence-electron chi connectivity index (χ4n) is 2.64. The van der Waals surface area contributed by atoms with Crippen LogP contribution in [0.15, 0.2) is 16.7 Å². The van der Waals surface area contributed by atoms with Gasteiger partial charge in [0, 0.05) is 16.4 Å². The summed E-state index contributed by atoms with van der Waals surface area (Å²) >= 11 is 3.61. The zero-order valence-corrected chi connectivity index (χ0v) is 12.1. The Bertz CT molecular complexity index is 596. The molecule has 1 aliphatic rings. The van der Waals surface area contributed by atoms with Crippen molar-refractivity contribution in [2.24, 2.45) is 5.41 Å². The lowest BCUT2D eigenvalue weighted by atomic mass is 9.78. The minimum Gasteiger partial charge on any atom is -0.303 e. The largest absolute Gasteiger partial charge is 0.303 e. The molecule has 2 nitrogen and oxygen atoms in total. The summed E-state index contributed by atoms with van der Waals surface area (Å²) in [4.78, 5) is 4.76. The SMILES string of the molecule is Cc1cc2nc3c(n2cc1Br)CC(C)(C)CC3. The highest BCUT2D eigenvalue weighted by atomic mass is 79.9. The summed E-state index contributed by atoms with van der Waals surface area (Å²) in [5, 5.41) is 0. The van der Waals surface area contributed by atoms with Crippen LogP contribution in [0, 0.1) is 12.3 Å². The smallest absolute Gasteiger partial charge is 0.137 e. The molecule has 0 bridgehead atoms. The van der Waals surface area contributed by atoms with Crippen LogP contribution in [0.2, 0.25) is 0 Å². The van der Waals surface area contributed by atoms with Gasteiger partial charge in [0.25, 0.3) is 0 Å². The molecular formula is C14H17BrN2. The van der Waals surface area contributed by atoms with E-state index in [2.05, 4.69) is 53.4 Å². The van der Waals surface area contributed by atoms with Crippen LogP contribution >= 0.6 is 15.9 Å². The van der Waals surface area contributed by atoms with Gasteiger partial charge in [-0.05, 0) is 59.2 Å². The minimum absolute atomic E-state index is 0.403. The standard InChI is InChI=1S/C14H17BrN2/c1-9-6-13-16-11-4-5-14(2,3)7-12(11)17(13)8-10(9)15/h6,8H,4-5,7H2,1-3H3. The van der Waals surface area contributed by atoms with Gasteiger partial charge in [-0.15, -0.1) is 0 Å². The van der Waals surface area contributed by atoms with Crippen LogP contribution in [0.4, 0.5) is 0 Å². The second kappa shape index (κ2) is 3.58. The van der Waals surface area contributed by atoms with Crippen molar-refractivity contribution in [2.75, 3.05) is 0 Å². The van der Waals surface area contributed by atoms with Crippen molar-refractivity contribution >= 4 is 21.6 Å². The van der Waals surface area contributed by atoms with Gasteiger partial charge >= 0.3 is 0 Å². The van der Waals surface area contributed by atoms with Crippen molar-refractivity contribution in [3.05, 3.63) is 33.7 Å². The summed E-state index contributed by atoms with van der Waals surface area (Å²) in [5.41, 5.74) is 5.44. The molecule has 2 aromatic rings. The van der Waals surface area contributed by atoms with Crippen molar-refractivity contribution in [3.63, 3.8) is 0 Å². The number of hydrogen-bond donors (Lipinski definition) is 0. The monoisotopic (exact) mass is 292 g/mol. The Balaban J connectivity index is 2.24. The van der Waals surface area contributed by atoms with Gasteiger partial charge in [0.15, 0.2) is 0 Å². The van der Waals surface area contributed by atoms with E-state index < -0.39 is 0 Å². The highest BCUT2D eigenvalue weighted by Gasteiger charge is 2.28. The quantitative estimate of drug-likeness (QED) is 0.719. The topological polar surface area (TPSA) is 17.3 Å². The summed E-state index contributed by atoms with van der Waals surface area (Å²) < 4.78 is 3.42. The second-order valence-corrected chi connectivity index (χ2v) is 6.73. The molecule has 3 rings (SSSR count). The lowest BCUT2D eigenvalue weighted by Crippen LogP contribution is -2.22. The maximum Gasteiger partial charge on any atom is 0.137 e. The highest BCUT2D eigenvalue weighted by molar-refractivity contribution is 9.10. The lowest BCUT2D eigenvalue weighted by Gasteiger charge is -2.28. The van der Waals surface area contributed by atoms with Crippen LogP contribution in [0.25, 0.3) is 5.65 Å². The number of rotatable bonds is 0. The molecule has 0 N–H and O–H groups in total. The van der Waals surface area contributed by atoms with E-state index in [4.69, 9.17) is 4.98 Å². The Hall–Kier alpha value is -0.830. The number of pyridine rings is 1. The van der Waals surface area contributed by atoms with E-state index in [-0.39, 0.29) is 0 Å². The molecule has 90 valence electrons. The van der Waals surface area contributed by atoms with Gasteiger partial charge < -0.3 is 4.40 Å². The van der Waals surface area contributed by atoms with E-state index in [1.165, 1.54) is 23.4 Å². The molecule has 0 atom stereocenters. The van der Waals surface area contributed by atoms with Gasteiger partial charge in [-0.25, -0.2) is 4.98 Å². The highest BCUT2D eigenvalue weighted by Crippen LogP contribution is 2.35. The predicted octanol–water partition coefficient (Wildman–Crippen LogP) is 3.92. The van der Waals surface area contributed by atoms with E-state index in [1.54, 1.807) is 0 Å². The molecule has 2 aromatic heterocycles. The average molecular weight is 293 g/mol. The van der Waals surface area contributed by atoms with Crippen LogP contribution in [0.1, 0.15) is 37.2 Å². The first kappa shape index (κ1) is 11.3. The number of hydrogen-bond acceptors (Lipinski definition) is 1. The van der Waals surface area contributed by atoms with Crippen LogP contribution in [0.5, 0.6) is 0 Å². The third-order valence-electron chi connectivity index (χ3n) is 3.77. The molecule has 0 amide bonds. The Morgan fingerprint density at radius 1 is 1.41 bits per heavy atom. The van der Waals surface area contributed by atoms with Gasteiger partial charge in [-0.2, -0.15) is 0 Å². The zero-order chi connectivity index (χ0) is 12.2. The van der Waals surface area contributed by atoms with E-state index in [0.717, 1.165) is 23.0 Å². The molecular weight excluding hydrogens is 276 g/mol. The number of aryl methyl sites for hydroxylation is 2. The molecule has 0 unspecified atom stereocenters. The predicted molar refractivity (Wildman–Crippen MR) is 73.4 cm³/mol. The van der Waals surface area contributed by atoms with Crippen LogP contribution in [0.3, 0.4) is 0 Å². The summed E-state index contributed by atoms with van der Waals surface area (Å²) in [6, 6.07) is 2.16. The number of aromatic nitrogens is 2. The average Bonchev–Trinajstić information content (AvgIpc) is 2.56. The van der Waals surface area contributed by atoms with Gasteiger partial charge in [0.2, 0.25) is 0 Å². The van der Waals surface area contributed by atoms with Crippen molar-refractivity contribution in [1.29, 1.82) is 0 Å². The van der Waals surface area contributed by atoms with Gasteiger partial charge in [0.05, 0.1) is 5.69 Å².